The molecule has 0 unspecified atom stereocenters. The molecule has 0 radical (unpaired) electrons. The molecule has 3 heterocycles. The summed E-state index contributed by atoms with van der Waals surface area (Å²) in [4.78, 5) is 15.8. The zero-order valence-electron chi connectivity index (χ0n) is 19.5. The summed E-state index contributed by atoms with van der Waals surface area (Å²) in [6.07, 6.45) is -0.922. The maximum absolute atomic E-state index is 13.1. The maximum atomic E-state index is 13.1. The Kier molecular flexibility index (Phi) is 6.87. The van der Waals surface area contributed by atoms with Crippen molar-refractivity contribution in [1.82, 2.24) is 24.2 Å². The van der Waals surface area contributed by atoms with Crippen molar-refractivity contribution in [3.05, 3.63) is 60.3 Å². The number of H-pyrrole nitrogens is 1. The highest BCUT2D eigenvalue weighted by Crippen LogP contribution is 2.36. The first kappa shape index (κ1) is 25.4. The third-order valence-electron chi connectivity index (χ3n) is 5.30. The summed E-state index contributed by atoms with van der Waals surface area (Å²) in [5.74, 6) is 0.658. The van der Waals surface area contributed by atoms with Crippen LogP contribution in [0.4, 0.5) is 13.2 Å². The molecule has 4 aromatic rings. The van der Waals surface area contributed by atoms with E-state index in [0.29, 0.717) is 41.1 Å². The normalized spacial score (nSPS) is 12.3. The molecule has 9 nitrogen and oxygen atoms in total. The zero-order valence-corrected chi connectivity index (χ0v) is 20.3. The average Bonchev–Trinajstić information content (AvgIpc) is 3.24. The molecule has 190 valence electrons. The SMILES string of the molecule is COc1ccnc(CCc2nc3ncc(-c4ccc(S(=O)(=O)N(C)C)cc4OC(F)(F)F)cc3[nH]2)c1. The van der Waals surface area contributed by atoms with Crippen LogP contribution in [-0.2, 0) is 22.9 Å². The second-order valence-electron chi connectivity index (χ2n) is 7.96. The highest BCUT2D eigenvalue weighted by molar-refractivity contribution is 7.89. The number of benzene rings is 1. The van der Waals surface area contributed by atoms with Gasteiger partial charge < -0.3 is 14.5 Å². The highest BCUT2D eigenvalue weighted by Gasteiger charge is 2.33. The summed E-state index contributed by atoms with van der Waals surface area (Å²) in [7, 11) is 0.160. The van der Waals surface area contributed by atoms with Crippen LogP contribution < -0.4 is 9.47 Å². The molecule has 36 heavy (non-hydrogen) atoms. The standard InChI is InChI=1S/C23H22F3N5O4S/c1-31(2)36(32,33)17-5-6-18(20(12-17)35-23(24,25)26)14-10-19-22(28-13-14)30-21(29-19)7-4-15-11-16(34-3)8-9-27-15/h5-6,8-13H,4,7H2,1-3H3,(H,28,29,30). The van der Waals surface area contributed by atoms with E-state index in [0.717, 1.165) is 16.1 Å². The number of methoxy groups -OCH3 is 1. The fourth-order valence-corrected chi connectivity index (χ4v) is 4.42. The van der Waals surface area contributed by atoms with Crippen molar-refractivity contribution in [3.63, 3.8) is 0 Å². The van der Waals surface area contributed by atoms with E-state index >= 15 is 0 Å². The number of aryl methyl sites for hydroxylation is 2. The summed E-state index contributed by atoms with van der Waals surface area (Å²) in [5.41, 5.74) is 2.02. The van der Waals surface area contributed by atoms with Crippen LogP contribution in [0.1, 0.15) is 11.5 Å². The number of nitrogens with zero attached hydrogens (tertiary/aromatic N) is 4. The number of aromatic nitrogens is 4. The molecular weight excluding hydrogens is 499 g/mol. The summed E-state index contributed by atoms with van der Waals surface area (Å²) >= 11 is 0. The van der Waals surface area contributed by atoms with Gasteiger partial charge in [0.05, 0.1) is 17.5 Å². The largest absolute Gasteiger partial charge is 0.573 e. The number of rotatable bonds is 8. The van der Waals surface area contributed by atoms with Crippen LogP contribution in [0.5, 0.6) is 11.5 Å². The van der Waals surface area contributed by atoms with Crippen LogP contribution in [0.2, 0.25) is 0 Å². The number of imidazole rings is 1. The van der Waals surface area contributed by atoms with Crippen LogP contribution in [0, 0.1) is 0 Å². The molecule has 0 spiro atoms. The minimum Gasteiger partial charge on any atom is -0.497 e. The first-order valence-electron chi connectivity index (χ1n) is 10.6. The predicted molar refractivity (Wildman–Crippen MR) is 125 cm³/mol. The number of ether oxygens (including phenoxy) is 2. The second-order valence-corrected chi connectivity index (χ2v) is 10.1. The smallest absolute Gasteiger partial charge is 0.497 e. The zero-order chi connectivity index (χ0) is 26.1. The van der Waals surface area contributed by atoms with E-state index in [4.69, 9.17) is 4.74 Å². The summed E-state index contributed by atoms with van der Waals surface area (Å²) in [5, 5.41) is 0. The van der Waals surface area contributed by atoms with Gasteiger partial charge in [0, 0.05) is 61.9 Å². The van der Waals surface area contributed by atoms with Gasteiger partial charge in [0.1, 0.15) is 17.3 Å². The number of alkyl halides is 3. The lowest BCUT2D eigenvalue weighted by molar-refractivity contribution is -0.274. The highest BCUT2D eigenvalue weighted by atomic mass is 32.2. The number of aromatic amines is 1. The van der Waals surface area contributed by atoms with Crippen LogP contribution in [0.25, 0.3) is 22.3 Å². The summed E-state index contributed by atoms with van der Waals surface area (Å²) < 4.78 is 74.5. The van der Waals surface area contributed by atoms with Crippen molar-refractivity contribution in [2.24, 2.45) is 0 Å². The van der Waals surface area contributed by atoms with Gasteiger partial charge in [-0.3, -0.25) is 4.98 Å². The maximum Gasteiger partial charge on any atom is 0.573 e. The number of pyridine rings is 2. The molecule has 1 aromatic carbocycles. The fraction of sp³-hybridized carbons (Fsp3) is 0.261. The van der Waals surface area contributed by atoms with Gasteiger partial charge in [-0.2, -0.15) is 0 Å². The Morgan fingerprint density at radius 1 is 1.06 bits per heavy atom. The van der Waals surface area contributed by atoms with Gasteiger partial charge in [-0.05, 0) is 30.7 Å². The molecule has 0 bridgehead atoms. The fourth-order valence-electron chi connectivity index (χ4n) is 3.50. The van der Waals surface area contributed by atoms with E-state index in [2.05, 4.69) is 24.7 Å². The molecule has 0 saturated heterocycles. The number of hydrogen-bond acceptors (Lipinski definition) is 7. The van der Waals surface area contributed by atoms with Crippen molar-refractivity contribution in [3.8, 4) is 22.6 Å². The van der Waals surface area contributed by atoms with Gasteiger partial charge >= 0.3 is 6.36 Å². The second kappa shape index (κ2) is 9.74. The van der Waals surface area contributed by atoms with Crippen LogP contribution in [0.15, 0.2) is 53.7 Å². The van der Waals surface area contributed by atoms with Gasteiger partial charge in [-0.25, -0.2) is 22.7 Å². The van der Waals surface area contributed by atoms with Gasteiger partial charge in [-0.1, -0.05) is 0 Å². The number of hydrogen-bond donors (Lipinski definition) is 1. The van der Waals surface area contributed by atoms with E-state index in [1.807, 2.05) is 6.07 Å². The predicted octanol–water partition coefficient (Wildman–Crippen LogP) is 3.96. The first-order chi connectivity index (χ1) is 17.0. The summed E-state index contributed by atoms with van der Waals surface area (Å²) in [6, 6.07) is 8.48. The molecule has 0 fully saturated rings. The topological polar surface area (TPSA) is 110 Å². The molecular formula is C23H22F3N5O4S. The number of fused-ring (bicyclic) bond motifs is 1. The Balaban J connectivity index is 1.66. The van der Waals surface area contributed by atoms with Gasteiger partial charge in [0.15, 0.2) is 5.65 Å². The lowest BCUT2D eigenvalue weighted by atomic mass is 10.1. The van der Waals surface area contributed by atoms with Crippen molar-refractivity contribution < 1.29 is 31.1 Å². The molecule has 3 aromatic heterocycles. The Labute approximate surface area is 205 Å². The number of halogens is 3. The lowest BCUT2D eigenvalue weighted by Gasteiger charge is -2.16. The van der Waals surface area contributed by atoms with Crippen molar-refractivity contribution in [2.45, 2.75) is 24.1 Å². The van der Waals surface area contributed by atoms with Crippen molar-refractivity contribution >= 4 is 21.2 Å². The molecule has 0 atom stereocenters. The van der Waals surface area contributed by atoms with Crippen LogP contribution in [0.3, 0.4) is 0 Å². The Morgan fingerprint density at radius 2 is 1.83 bits per heavy atom. The Morgan fingerprint density at radius 3 is 2.53 bits per heavy atom. The minimum atomic E-state index is -5.03. The minimum absolute atomic E-state index is 0.0242. The van der Waals surface area contributed by atoms with E-state index in [1.54, 1.807) is 25.4 Å². The molecule has 0 amide bonds. The summed E-state index contributed by atoms with van der Waals surface area (Å²) in [6.45, 7) is 0. The Hall–Kier alpha value is -3.71. The lowest BCUT2D eigenvalue weighted by Crippen LogP contribution is -2.23. The number of sulfonamides is 1. The molecule has 0 aliphatic rings. The third-order valence-corrected chi connectivity index (χ3v) is 7.11. The third kappa shape index (κ3) is 5.57. The average molecular weight is 522 g/mol. The van der Waals surface area contributed by atoms with E-state index in [-0.39, 0.29) is 10.5 Å². The first-order valence-corrected chi connectivity index (χ1v) is 12.1. The quantitative estimate of drug-likeness (QED) is 0.374. The Bertz CT molecular complexity index is 1500. The van der Waals surface area contributed by atoms with Crippen LogP contribution >= 0.6 is 0 Å². The molecule has 13 heteroatoms. The van der Waals surface area contributed by atoms with Gasteiger partial charge in [0.2, 0.25) is 10.0 Å². The van der Waals surface area contributed by atoms with E-state index in [9.17, 15) is 21.6 Å². The van der Waals surface area contributed by atoms with Gasteiger partial charge in [-0.15, -0.1) is 13.2 Å². The van der Waals surface area contributed by atoms with Gasteiger partial charge in [0.25, 0.3) is 0 Å². The van der Waals surface area contributed by atoms with E-state index in [1.165, 1.54) is 32.4 Å². The molecule has 0 aliphatic heterocycles. The van der Waals surface area contributed by atoms with E-state index < -0.39 is 22.1 Å². The number of nitrogens with one attached hydrogen (secondary N) is 1. The molecule has 4 rings (SSSR count). The monoisotopic (exact) mass is 521 g/mol. The van der Waals surface area contributed by atoms with Crippen molar-refractivity contribution in [1.29, 1.82) is 0 Å². The van der Waals surface area contributed by atoms with Crippen molar-refractivity contribution in [2.75, 3.05) is 21.2 Å². The molecule has 1 N–H and O–H groups in total. The van der Waals surface area contributed by atoms with Crippen LogP contribution in [-0.4, -0.2) is 60.2 Å². The molecule has 0 aliphatic carbocycles. The molecule has 0 saturated carbocycles.